The molecule has 1 amide bonds. The Morgan fingerprint density at radius 2 is 1.72 bits per heavy atom. The SMILES string of the molecule is CC(C)=C(C(=N)c1c(C)cccc1OCC(C)(C)NC(=O)c1ccc(CO)cc1)C(=O)O. The quantitative estimate of drug-likeness (QED) is 0.350. The van der Waals surface area contributed by atoms with Crippen LogP contribution < -0.4 is 10.1 Å². The highest BCUT2D eigenvalue weighted by Crippen LogP contribution is 2.27. The molecule has 0 aliphatic rings. The third-order valence-corrected chi connectivity index (χ3v) is 4.89. The molecule has 4 N–H and O–H groups in total. The molecular weight excluding hydrogens is 408 g/mol. The molecule has 0 unspecified atom stereocenters. The number of ether oxygens (including phenoxy) is 1. The molecule has 0 spiro atoms. The first-order valence-electron chi connectivity index (χ1n) is 10.2. The van der Waals surface area contributed by atoms with Crippen LogP contribution in [-0.2, 0) is 11.4 Å². The first-order valence-corrected chi connectivity index (χ1v) is 10.2. The molecule has 170 valence electrons. The number of rotatable bonds is 9. The Balaban J connectivity index is 2.21. The van der Waals surface area contributed by atoms with Crippen LogP contribution in [0.3, 0.4) is 0 Å². The van der Waals surface area contributed by atoms with E-state index in [4.69, 9.17) is 15.3 Å². The molecule has 32 heavy (non-hydrogen) atoms. The lowest BCUT2D eigenvalue weighted by Crippen LogP contribution is -2.48. The van der Waals surface area contributed by atoms with Crippen LogP contribution in [0, 0.1) is 12.3 Å². The summed E-state index contributed by atoms with van der Waals surface area (Å²) >= 11 is 0. The van der Waals surface area contributed by atoms with Gasteiger partial charge in [0.05, 0.1) is 23.4 Å². The number of benzene rings is 2. The summed E-state index contributed by atoms with van der Waals surface area (Å²) < 4.78 is 5.98. The van der Waals surface area contributed by atoms with Gasteiger partial charge in [0.15, 0.2) is 0 Å². The van der Waals surface area contributed by atoms with Crippen LogP contribution in [0.4, 0.5) is 0 Å². The molecule has 0 fully saturated rings. The van der Waals surface area contributed by atoms with E-state index in [1.807, 2.05) is 13.8 Å². The standard InChI is InChI=1S/C25H30N2O5/c1-15(2)20(24(30)31)22(26)21-16(3)7-6-8-19(21)32-14-25(4,5)27-23(29)18-11-9-17(13-28)10-12-18/h6-12,26,28H,13-14H2,1-5H3,(H,27,29)(H,30,31). The maximum atomic E-state index is 12.6. The third kappa shape index (κ3) is 6.04. The van der Waals surface area contributed by atoms with Crippen LogP contribution in [0.5, 0.6) is 5.75 Å². The number of allylic oxidation sites excluding steroid dienone is 1. The van der Waals surface area contributed by atoms with E-state index in [2.05, 4.69) is 5.32 Å². The normalized spacial score (nSPS) is 10.9. The predicted octanol–water partition coefficient (Wildman–Crippen LogP) is 3.86. The van der Waals surface area contributed by atoms with Gasteiger partial charge in [-0.25, -0.2) is 4.79 Å². The van der Waals surface area contributed by atoms with E-state index in [0.717, 1.165) is 11.1 Å². The second kappa shape index (κ2) is 10.2. The van der Waals surface area contributed by atoms with Crippen molar-refractivity contribution >= 4 is 17.6 Å². The highest BCUT2D eigenvalue weighted by Gasteiger charge is 2.25. The van der Waals surface area contributed by atoms with Crippen molar-refractivity contribution in [3.05, 3.63) is 75.9 Å². The van der Waals surface area contributed by atoms with Crippen molar-refractivity contribution in [1.82, 2.24) is 5.32 Å². The van der Waals surface area contributed by atoms with Crippen LogP contribution in [-0.4, -0.2) is 39.9 Å². The number of carboxylic acid groups (broad SMARTS) is 1. The summed E-state index contributed by atoms with van der Waals surface area (Å²) in [7, 11) is 0. The van der Waals surface area contributed by atoms with Gasteiger partial charge in [0.25, 0.3) is 5.91 Å². The van der Waals surface area contributed by atoms with Gasteiger partial charge in [-0.15, -0.1) is 0 Å². The third-order valence-electron chi connectivity index (χ3n) is 4.89. The first kappa shape index (κ1) is 24.8. The summed E-state index contributed by atoms with van der Waals surface area (Å²) in [6.07, 6.45) is 0. The van der Waals surface area contributed by atoms with E-state index >= 15 is 0 Å². The number of aryl methyl sites for hydroxylation is 1. The lowest BCUT2D eigenvalue weighted by atomic mass is 9.94. The summed E-state index contributed by atoms with van der Waals surface area (Å²) in [5.74, 6) is -1.06. The maximum Gasteiger partial charge on any atom is 0.337 e. The van der Waals surface area contributed by atoms with E-state index in [1.165, 1.54) is 0 Å². The monoisotopic (exact) mass is 438 g/mol. The van der Waals surface area contributed by atoms with Crippen LogP contribution in [0.15, 0.2) is 53.6 Å². The van der Waals surface area contributed by atoms with Crippen molar-refractivity contribution in [3.8, 4) is 5.75 Å². The smallest absolute Gasteiger partial charge is 0.337 e. The summed E-state index contributed by atoms with van der Waals surface area (Å²) in [6.45, 7) is 8.74. The minimum absolute atomic E-state index is 0.0666. The summed E-state index contributed by atoms with van der Waals surface area (Å²) in [5.41, 5.74) is 1.91. The molecule has 7 heteroatoms. The molecule has 0 saturated carbocycles. The fourth-order valence-corrected chi connectivity index (χ4v) is 3.21. The Hall–Kier alpha value is -3.45. The van der Waals surface area contributed by atoms with Crippen molar-refractivity contribution in [2.75, 3.05) is 6.61 Å². The van der Waals surface area contributed by atoms with Gasteiger partial charge in [0.1, 0.15) is 12.4 Å². The molecule has 0 aliphatic carbocycles. The molecule has 0 aliphatic heterocycles. The molecule has 2 rings (SSSR count). The zero-order valence-electron chi connectivity index (χ0n) is 19.1. The van der Waals surface area contributed by atoms with E-state index in [-0.39, 0.29) is 30.4 Å². The average molecular weight is 439 g/mol. The van der Waals surface area contributed by atoms with E-state index in [9.17, 15) is 14.7 Å². The number of carboxylic acids is 1. The van der Waals surface area contributed by atoms with Gasteiger partial charge >= 0.3 is 5.97 Å². The van der Waals surface area contributed by atoms with Gasteiger partial charge < -0.3 is 20.3 Å². The Morgan fingerprint density at radius 3 is 2.25 bits per heavy atom. The number of aliphatic carboxylic acids is 1. The Kier molecular flexibility index (Phi) is 7.94. The number of carbonyl (C=O) groups is 2. The lowest BCUT2D eigenvalue weighted by molar-refractivity contribution is -0.132. The summed E-state index contributed by atoms with van der Waals surface area (Å²) in [6, 6.07) is 11.9. The minimum atomic E-state index is -1.16. The molecule has 0 aromatic heterocycles. The Morgan fingerprint density at radius 1 is 1.09 bits per heavy atom. The summed E-state index contributed by atoms with van der Waals surface area (Å²) in [5, 5.41) is 30.1. The molecular formula is C25H30N2O5. The minimum Gasteiger partial charge on any atom is -0.490 e. The molecule has 2 aromatic rings. The number of nitrogens with one attached hydrogen (secondary N) is 2. The highest BCUT2D eigenvalue weighted by atomic mass is 16.5. The van der Waals surface area contributed by atoms with Crippen molar-refractivity contribution in [2.45, 2.75) is 46.8 Å². The molecule has 0 atom stereocenters. The van der Waals surface area contributed by atoms with Gasteiger partial charge in [0, 0.05) is 11.1 Å². The molecule has 0 bridgehead atoms. The second-order valence-corrected chi connectivity index (χ2v) is 8.48. The highest BCUT2D eigenvalue weighted by molar-refractivity contribution is 6.26. The fraction of sp³-hybridized carbons (Fsp3) is 0.320. The van der Waals surface area contributed by atoms with E-state index in [1.54, 1.807) is 63.2 Å². The topological polar surface area (TPSA) is 120 Å². The largest absolute Gasteiger partial charge is 0.490 e. The zero-order valence-corrected chi connectivity index (χ0v) is 19.1. The first-order chi connectivity index (χ1) is 15.0. The molecule has 0 heterocycles. The van der Waals surface area contributed by atoms with Crippen LogP contribution in [0.1, 0.15) is 54.7 Å². The Labute approximate surface area is 188 Å². The number of hydrogen-bond acceptors (Lipinski definition) is 5. The van der Waals surface area contributed by atoms with Gasteiger partial charge in [-0.3, -0.25) is 10.2 Å². The maximum absolute atomic E-state index is 12.6. The van der Waals surface area contributed by atoms with Crippen LogP contribution in [0.25, 0.3) is 0 Å². The van der Waals surface area contributed by atoms with Crippen molar-refractivity contribution in [3.63, 3.8) is 0 Å². The van der Waals surface area contributed by atoms with Gasteiger partial charge in [0.2, 0.25) is 0 Å². The van der Waals surface area contributed by atoms with Gasteiger partial charge in [-0.05, 0) is 63.9 Å². The molecule has 0 radical (unpaired) electrons. The van der Waals surface area contributed by atoms with Gasteiger partial charge in [-0.1, -0.05) is 29.8 Å². The van der Waals surface area contributed by atoms with Crippen LogP contribution >= 0.6 is 0 Å². The number of aliphatic hydroxyl groups excluding tert-OH is 1. The summed E-state index contributed by atoms with van der Waals surface area (Å²) in [4.78, 5) is 24.3. The number of hydrogen-bond donors (Lipinski definition) is 4. The number of carbonyl (C=O) groups excluding carboxylic acids is 1. The molecule has 2 aromatic carbocycles. The van der Waals surface area contributed by atoms with E-state index in [0.29, 0.717) is 22.4 Å². The predicted molar refractivity (Wildman–Crippen MR) is 123 cm³/mol. The number of amides is 1. The molecule has 7 nitrogen and oxygen atoms in total. The van der Waals surface area contributed by atoms with E-state index < -0.39 is 11.5 Å². The second-order valence-electron chi connectivity index (χ2n) is 8.48. The average Bonchev–Trinajstić information content (AvgIpc) is 2.71. The van der Waals surface area contributed by atoms with Crippen molar-refractivity contribution < 1.29 is 24.5 Å². The number of aliphatic hydroxyl groups is 1. The van der Waals surface area contributed by atoms with Crippen LogP contribution in [0.2, 0.25) is 0 Å². The Bertz CT molecular complexity index is 1050. The molecule has 0 saturated heterocycles. The van der Waals surface area contributed by atoms with Crippen molar-refractivity contribution in [2.24, 2.45) is 0 Å². The van der Waals surface area contributed by atoms with Crippen molar-refractivity contribution in [1.29, 1.82) is 5.41 Å². The zero-order chi connectivity index (χ0) is 24.1. The lowest BCUT2D eigenvalue weighted by Gasteiger charge is -2.27. The van der Waals surface area contributed by atoms with Gasteiger partial charge in [-0.2, -0.15) is 0 Å². The fourth-order valence-electron chi connectivity index (χ4n) is 3.21.